The van der Waals surface area contributed by atoms with Gasteiger partial charge < -0.3 is 29.4 Å². The number of amides is 3. The Balaban J connectivity index is 1.56. The van der Waals surface area contributed by atoms with Gasteiger partial charge in [0.25, 0.3) is 5.91 Å². The molecule has 3 aliphatic rings. The van der Waals surface area contributed by atoms with Crippen molar-refractivity contribution < 1.29 is 24.2 Å². The second-order valence-corrected chi connectivity index (χ2v) is 13.7. The van der Waals surface area contributed by atoms with Crippen LogP contribution in [-0.2, 0) is 25.7 Å². The van der Waals surface area contributed by atoms with Gasteiger partial charge in [-0.1, -0.05) is 65.3 Å². The van der Waals surface area contributed by atoms with Crippen molar-refractivity contribution in [2.75, 3.05) is 42.6 Å². The Bertz CT molecular complexity index is 1450. The van der Waals surface area contributed by atoms with Crippen LogP contribution in [0.5, 0.6) is 0 Å². The summed E-state index contributed by atoms with van der Waals surface area (Å²) in [6.07, 6.45) is 3.58. The molecule has 3 fully saturated rings. The van der Waals surface area contributed by atoms with Crippen LogP contribution in [0.25, 0.3) is 0 Å². The Labute approximate surface area is 287 Å². The fourth-order valence-corrected chi connectivity index (χ4v) is 8.81. The first-order chi connectivity index (χ1) is 22.7. The SMILES string of the molecule is C=CCN(Cc1ccccc1)C(=O)[C@H]1[C@H]2C(=O)N([C@@H](CC)CO)C(C(=O)N(CC=C)c3ccc(N(CC)CC)cc3)C23CC(Br)[C@@H]1O3. The minimum Gasteiger partial charge on any atom is -0.394 e. The molecule has 0 radical (unpaired) electrons. The van der Waals surface area contributed by atoms with Crippen molar-refractivity contribution in [3.05, 3.63) is 85.5 Å². The molecule has 2 aromatic rings. The molecule has 10 heteroatoms. The van der Waals surface area contributed by atoms with Crippen molar-refractivity contribution in [2.24, 2.45) is 11.8 Å². The van der Waals surface area contributed by atoms with Crippen molar-refractivity contribution in [2.45, 2.75) is 68.8 Å². The summed E-state index contributed by atoms with van der Waals surface area (Å²) in [6.45, 7) is 16.1. The van der Waals surface area contributed by atoms with E-state index < -0.39 is 35.6 Å². The molecule has 0 aliphatic carbocycles. The summed E-state index contributed by atoms with van der Waals surface area (Å²) in [5, 5.41) is 10.5. The third-order valence-corrected chi connectivity index (χ3v) is 10.9. The number of carbonyl (C=O) groups is 3. The van der Waals surface area contributed by atoms with Crippen LogP contribution in [-0.4, -0.2) is 94.0 Å². The molecule has 3 heterocycles. The molecule has 0 aromatic heterocycles. The van der Waals surface area contributed by atoms with E-state index in [1.807, 2.05) is 61.5 Å². The molecule has 2 aromatic carbocycles. The van der Waals surface area contributed by atoms with Gasteiger partial charge in [0.2, 0.25) is 11.8 Å². The number of hydrogen-bond acceptors (Lipinski definition) is 6. The molecule has 9 nitrogen and oxygen atoms in total. The summed E-state index contributed by atoms with van der Waals surface area (Å²) in [4.78, 5) is 50.9. The number of carbonyl (C=O) groups excluding carboxylic acids is 3. The number of aliphatic hydroxyl groups is 1. The molecule has 1 spiro atoms. The zero-order chi connectivity index (χ0) is 33.9. The maximum atomic E-state index is 14.9. The minimum absolute atomic E-state index is 0.205. The lowest BCUT2D eigenvalue weighted by Crippen LogP contribution is -2.59. The molecule has 47 heavy (non-hydrogen) atoms. The molecule has 0 saturated carbocycles. The fraction of sp³-hybridized carbons (Fsp3) is 0.486. The van der Waals surface area contributed by atoms with Crippen molar-refractivity contribution in [1.29, 1.82) is 0 Å². The van der Waals surface area contributed by atoms with Gasteiger partial charge in [-0.2, -0.15) is 0 Å². The van der Waals surface area contributed by atoms with E-state index in [1.165, 1.54) is 4.90 Å². The monoisotopic (exact) mass is 706 g/mol. The number of fused-ring (bicyclic) bond motifs is 1. The maximum Gasteiger partial charge on any atom is 0.253 e. The van der Waals surface area contributed by atoms with Gasteiger partial charge in [-0.25, -0.2) is 0 Å². The van der Waals surface area contributed by atoms with Gasteiger partial charge in [0, 0.05) is 48.9 Å². The Kier molecular flexibility index (Phi) is 10.9. The normalized spacial score (nSPS) is 26.5. The maximum absolute atomic E-state index is 14.9. The van der Waals surface area contributed by atoms with E-state index >= 15 is 0 Å². The molecule has 1 N–H and O–H groups in total. The predicted octanol–water partition coefficient (Wildman–Crippen LogP) is 4.79. The molecule has 7 atom stereocenters. The van der Waals surface area contributed by atoms with Crippen LogP contribution in [0.1, 0.15) is 39.2 Å². The van der Waals surface area contributed by atoms with Crippen LogP contribution < -0.4 is 9.80 Å². The smallest absolute Gasteiger partial charge is 0.253 e. The van der Waals surface area contributed by atoms with Crippen molar-refractivity contribution in [1.82, 2.24) is 9.80 Å². The average molecular weight is 708 g/mol. The Hall–Kier alpha value is -3.47. The standard InChI is InChI=1S/C37H47BrN4O5/c1-6-20-40(23-25-14-12-11-13-15-25)34(44)30-31-35(45)42(26(8-3)24-43)33(37(31)22-29(38)32(30)47-37)36(46)41(21-7-2)28-18-16-27(17-19-28)39(9-4)10-5/h6-7,11-19,26,29-33,43H,1-2,8-10,20-24H2,3-5H3/t26-,29?,30-,31-,32-,33?,37?/m0/s1. The molecule has 3 aliphatic heterocycles. The predicted molar refractivity (Wildman–Crippen MR) is 188 cm³/mol. The van der Waals surface area contributed by atoms with E-state index in [2.05, 4.69) is 47.8 Å². The van der Waals surface area contributed by atoms with Gasteiger partial charge in [-0.15, -0.1) is 13.2 Å². The highest BCUT2D eigenvalue weighted by molar-refractivity contribution is 9.09. The molecule has 5 rings (SSSR count). The summed E-state index contributed by atoms with van der Waals surface area (Å²) in [5.74, 6) is -2.52. The number of ether oxygens (including phenoxy) is 1. The van der Waals surface area contributed by atoms with E-state index in [-0.39, 0.29) is 35.7 Å². The highest BCUT2D eigenvalue weighted by Crippen LogP contribution is 2.61. The molecule has 3 amide bonds. The number of anilines is 2. The quantitative estimate of drug-likeness (QED) is 0.212. The van der Waals surface area contributed by atoms with E-state index in [4.69, 9.17) is 4.74 Å². The Morgan fingerprint density at radius 1 is 1.02 bits per heavy atom. The summed E-state index contributed by atoms with van der Waals surface area (Å²) < 4.78 is 6.78. The number of hydrogen-bond donors (Lipinski definition) is 1. The van der Waals surface area contributed by atoms with E-state index in [0.29, 0.717) is 31.6 Å². The largest absolute Gasteiger partial charge is 0.394 e. The first-order valence-electron chi connectivity index (χ1n) is 16.7. The molecular weight excluding hydrogens is 660 g/mol. The van der Waals surface area contributed by atoms with Crippen LogP contribution in [0.15, 0.2) is 79.9 Å². The van der Waals surface area contributed by atoms with Crippen molar-refractivity contribution in [3.8, 4) is 0 Å². The number of benzene rings is 2. The second kappa shape index (κ2) is 14.7. The highest BCUT2D eigenvalue weighted by Gasteiger charge is 2.77. The minimum atomic E-state index is -1.25. The van der Waals surface area contributed by atoms with Crippen molar-refractivity contribution in [3.63, 3.8) is 0 Å². The number of halogens is 1. The number of rotatable bonds is 15. The highest BCUT2D eigenvalue weighted by atomic mass is 79.9. The lowest BCUT2D eigenvalue weighted by Gasteiger charge is -2.39. The second-order valence-electron chi connectivity index (χ2n) is 12.6. The van der Waals surface area contributed by atoms with Crippen LogP contribution in [0.3, 0.4) is 0 Å². The lowest BCUT2D eigenvalue weighted by molar-refractivity contribution is -0.147. The van der Waals surface area contributed by atoms with Gasteiger partial charge in [-0.3, -0.25) is 14.4 Å². The molecule has 3 saturated heterocycles. The number of nitrogens with zero attached hydrogens (tertiary/aromatic N) is 4. The summed E-state index contributed by atoms with van der Waals surface area (Å²) in [7, 11) is 0. The average Bonchev–Trinajstić information content (AvgIpc) is 3.68. The molecule has 252 valence electrons. The number of alkyl halides is 1. The van der Waals surface area contributed by atoms with Crippen LogP contribution >= 0.6 is 15.9 Å². The van der Waals surface area contributed by atoms with Crippen LogP contribution in [0.2, 0.25) is 0 Å². The fourth-order valence-electron chi connectivity index (χ4n) is 7.87. The van der Waals surface area contributed by atoms with Gasteiger partial charge >= 0.3 is 0 Å². The number of aliphatic hydroxyl groups excluding tert-OH is 1. The number of likely N-dealkylation sites (tertiary alicyclic amines) is 1. The zero-order valence-corrected chi connectivity index (χ0v) is 29.2. The van der Waals surface area contributed by atoms with E-state index in [0.717, 1.165) is 24.3 Å². The molecule has 3 unspecified atom stereocenters. The molecular formula is C37H47BrN4O5. The van der Waals surface area contributed by atoms with Gasteiger partial charge in [0.05, 0.1) is 30.6 Å². The third kappa shape index (κ3) is 6.16. The molecule has 2 bridgehead atoms. The summed E-state index contributed by atoms with van der Waals surface area (Å²) in [5.41, 5.74) is 1.44. The van der Waals surface area contributed by atoms with E-state index in [1.54, 1.807) is 22.0 Å². The third-order valence-electron chi connectivity index (χ3n) is 10.1. The van der Waals surface area contributed by atoms with Gasteiger partial charge in [-0.05, 0) is 56.5 Å². The first-order valence-corrected chi connectivity index (χ1v) is 17.6. The van der Waals surface area contributed by atoms with Gasteiger partial charge in [0.1, 0.15) is 11.6 Å². The van der Waals surface area contributed by atoms with Crippen LogP contribution in [0.4, 0.5) is 11.4 Å². The summed E-state index contributed by atoms with van der Waals surface area (Å²) >= 11 is 3.78. The first kappa shape index (κ1) is 34.9. The van der Waals surface area contributed by atoms with Gasteiger partial charge in [0.15, 0.2) is 0 Å². The topological polar surface area (TPSA) is 93.6 Å². The Morgan fingerprint density at radius 3 is 2.23 bits per heavy atom. The zero-order valence-electron chi connectivity index (χ0n) is 27.6. The lowest BCUT2D eigenvalue weighted by atomic mass is 9.70. The summed E-state index contributed by atoms with van der Waals surface area (Å²) in [6, 6.07) is 15.9. The van der Waals surface area contributed by atoms with Crippen LogP contribution in [0, 0.1) is 11.8 Å². The Morgan fingerprint density at radius 2 is 1.66 bits per heavy atom. The van der Waals surface area contributed by atoms with E-state index in [9.17, 15) is 19.5 Å². The van der Waals surface area contributed by atoms with Crippen molar-refractivity contribution >= 4 is 45.0 Å².